The Morgan fingerprint density at radius 1 is 1.07 bits per heavy atom. The molecule has 17 heteroatoms. The summed E-state index contributed by atoms with van der Waals surface area (Å²) in [6, 6.07) is 13.0. The van der Waals surface area contributed by atoms with Crippen LogP contribution < -0.4 is 10.6 Å². The molecule has 238 valence electrons. The fourth-order valence-corrected chi connectivity index (χ4v) is 6.72. The summed E-state index contributed by atoms with van der Waals surface area (Å²) >= 11 is 0. The fourth-order valence-electron chi connectivity index (χ4n) is 4.48. The van der Waals surface area contributed by atoms with Crippen LogP contribution in [0.1, 0.15) is 55.4 Å². The molecular formula is C27H30F3N5O8S. The molecule has 0 aliphatic carbocycles. The number of benzene rings is 2. The second kappa shape index (κ2) is 12.9. The molecule has 1 saturated heterocycles. The SMILES string of the molecule is CC(C)(C)N1C(=O)CC(c2ccc(C[C@H](NC(=O)NCC(=O)O)c3nc4ccccc4[nH]3)cc2)S1(=O)=O.O=C(O)C(F)(F)F. The number of halogens is 3. The average molecular weight is 642 g/mol. The smallest absolute Gasteiger partial charge is 0.480 e. The normalized spacial score (nSPS) is 17.0. The number of imidazole rings is 1. The molecule has 13 nitrogen and oxygen atoms in total. The lowest BCUT2D eigenvalue weighted by Crippen LogP contribution is -2.45. The molecule has 0 bridgehead atoms. The molecule has 1 unspecified atom stereocenters. The van der Waals surface area contributed by atoms with Crippen molar-refractivity contribution in [1.29, 1.82) is 0 Å². The third-order valence-electron chi connectivity index (χ3n) is 6.29. The van der Waals surface area contributed by atoms with Crippen LogP contribution in [0.15, 0.2) is 48.5 Å². The van der Waals surface area contributed by atoms with Gasteiger partial charge in [0.05, 0.1) is 29.0 Å². The first kappa shape index (κ1) is 33.8. The minimum absolute atomic E-state index is 0.119. The van der Waals surface area contributed by atoms with Gasteiger partial charge in [-0.3, -0.25) is 9.59 Å². The molecule has 1 aliphatic rings. The number of hydrogen-bond donors (Lipinski definition) is 5. The number of aliphatic carboxylic acids is 2. The molecule has 2 heterocycles. The number of carbonyl (C=O) groups is 4. The Morgan fingerprint density at radius 2 is 1.66 bits per heavy atom. The number of sulfonamides is 1. The minimum Gasteiger partial charge on any atom is -0.480 e. The Balaban J connectivity index is 0.000000676. The van der Waals surface area contributed by atoms with Gasteiger partial charge in [0.15, 0.2) is 0 Å². The van der Waals surface area contributed by atoms with E-state index in [0.29, 0.717) is 23.3 Å². The summed E-state index contributed by atoms with van der Waals surface area (Å²) in [5.74, 6) is -3.87. The zero-order valence-corrected chi connectivity index (χ0v) is 24.5. The number of nitrogens with zero attached hydrogens (tertiary/aromatic N) is 2. The third kappa shape index (κ3) is 8.24. The number of nitrogens with one attached hydrogen (secondary N) is 3. The average Bonchev–Trinajstić information content (AvgIpc) is 3.44. The molecule has 1 aromatic heterocycles. The maximum absolute atomic E-state index is 13.1. The van der Waals surface area contributed by atoms with E-state index in [0.717, 1.165) is 15.4 Å². The van der Waals surface area contributed by atoms with Gasteiger partial charge in [-0.1, -0.05) is 36.4 Å². The maximum Gasteiger partial charge on any atom is 0.490 e. The molecule has 4 rings (SSSR count). The van der Waals surface area contributed by atoms with Crippen molar-refractivity contribution in [1.82, 2.24) is 24.9 Å². The Kier molecular flexibility index (Phi) is 9.92. The summed E-state index contributed by atoms with van der Waals surface area (Å²) in [6.07, 6.45) is -4.91. The maximum atomic E-state index is 13.1. The number of urea groups is 1. The largest absolute Gasteiger partial charge is 0.490 e. The van der Waals surface area contributed by atoms with E-state index < -0.39 is 63.5 Å². The monoisotopic (exact) mass is 641 g/mol. The van der Waals surface area contributed by atoms with Crippen molar-refractivity contribution in [3.63, 3.8) is 0 Å². The van der Waals surface area contributed by atoms with E-state index in [-0.39, 0.29) is 6.42 Å². The van der Waals surface area contributed by atoms with Crippen molar-refractivity contribution < 1.29 is 51.0 Å². The highest BCUT2D eigenvalue weighted by atomic mass is 32.2. The van der Waals surface area contributed by atoms with Crippen molar-refractivity contribution in [2.24, 2.45) is 0 Å². The van der Waals surface area contributed by atoms with Gasteiger partial charge in [0.2, 0.25) is 15.9 Å². The van der Waals surface area contributed by atoms with Crippen LogP contribution in [-0.2, 0) is 30.8 Å². The quantitative estimate of drug-likeness (QED) is 0.257. The van der Waals surface area contributed by atoms with E-state index in [1.165, 1.54) is 0 Å². The molecule has 0 radical (unpaired) electrons. The summed E-state index contributed by atoms with van der Waals surface area (Å²) in [4.78, 5) is 52.3. The van der Waals surface area contributed by atoms with Gasteiger partial charge in [0.1, 0.15) is 17.6 Å². The number of hydrogen-bond acceptors (Lipinski definition) is 7. The predicted molar refractivity (Wildman–Crippen MR) is 150 cm³/mol. The van der Waals surface area contributed by atoms with Crippen molar-refractivity contribution in [3.05, 3.63) is 65.5 Å². The van der Waals surface area contributed by atoms with Gasteiger partial charge in [0, 0.05) is 0 Å². The number of fused-ring (bicyclic) bond motifs is 1. The highest BCUT2D eigenvalue weighted by Gasteiger charge is 2.49. The molecule has 3 amide bonds. The van der Waals surface area contributed by atoms with Crippen LogP contribution in [0.5, 0.6) is 0 Å². The lowest BCUT2D eigenvalue weighted by molar-refractivity contribution is -0.192. The highest BCUT2D eigenvalue weighted by Crippen LogP contribution is 2.40. The van der Waals surface area contributed by atoms with Gasteiger partial charge in [-0.05, 0) is 50.5 Å². The molecule has 5 N–H and O–H groups in total. The first-order valence-electron chi connectivity index (χ1n) is 13.0. The first-order chi connectivity index (χ1) is 20.3. The van der Waals surface area contributed by atoms with Crippen molar-refractivity contribution in [2.45, 2.75) is 56.6 Å². The number of aromatic nitrogens is 2. The van der Waals surface area contributed by atoms with Gasteiger partial charge in [0.25, 0.3) is 0 Å². The summed E-state index contributed by atoms with van der Waals surface area (Å²) in [7, 11) is -3.86. The van der Waals surface area contributed by atoms with E-state index in [2.05, 4.69) is 20.6 Å². The van der Waals surface area contributed by atoms with Gasteiger partial charge < -0.3 is 25.8 Å². The molecule has 0 saturated carbocycles. The van der Waals surface area contributed by atoms with Gasteiger partial charge >= 0.3 is 24.1 Å². The summed E-state index contributed by atoms with van der Waals surface area (Å²) in [5.41, 5.74) is 1.94. The van der Waals surface area contributed by atoms with Crippen LogP contribution in [0.2, 0.25) is 0 Å². The number of aromatic amines is 1. The predicted octanol–water partition coefficient (Wildman–Crippen LogP) is 3.27. The van der Waals surface area contributed by atoms with E-state index in [1.807, 2.05) is 24.3 Å². The van der Waals surface area contributed by atoms with Gasteiger partial charge in [-0.15, -0.1) is 0 Å². The molecular weight excluding hydrogens is 611 g/mol. The molecule has 44 heavy (non-hydrogen) atoms. The summed E-state index contributed by atoms with van der Waals surface area (Å²) in [6.45, 7) is 4.52. The van der Waals surface area contributed by atoms with E-state index in [1.54, 1.807) is 45.0 Å². The Labute approximate surface area is 249 Å². The zero-order valence-electron chi connectivity index (χ0n) is 23.7. The minimum atomic E-state index is -5.08. The molecule has 1 fully saturated rings. The Bertz CT molecular complexity index is 1620. The van der Waals surface area contributed by atoms with E-state index >= 15 is 0 Å². The lowest BCUT2D eigenvalue weighted by atomic mass is 10.0. The number of carboxylic acid groups (broad SMARTS) is 2. The molecule has 1 aliphatic heterocycles. The van der Waals surface area contributed by atoms with Gasteiger partial charge in [-0.2, -0.15) is 13.2 Å². The van der Waals surface area contributed by atoms with E-state index in [4.69, 9.17) is 15.0 Å². The fraction of sp³-hybridized carbons (Fsp3) is 0.370. The van der Waals surface area contributed by atoms with Crippen molar-refractivity contribution >= 4 is 44.9 Å². The van der Waals surface area contributed by atoms with Crippen LogP contribution in [-0.4, -0.2) is 75.0 Å². The van der Waals surface area contributed by atoms with Crippen molar-refractivity contribution in [3.8, 4) is 0 Å². The van der Waals surface area contributed by atoms with Gasteiger partial charge in [-0.25, -0.2) is 27.3 Å². The number of amides is 3. The lowest BCUT2D eigenvalue weighted by Gasteiger charge is -2.30. The molecule has 0 spiro atoms. The second-order valence-corrected chi connectivity index (χ2v) is 12.7. The first-order valence-corrected chi connectivity index (χ1v) is 14.5. The topological polar surface area (TPSA) is 199 Å². The van der Waals surface area contributed by atoms with Crippen LogP contribution >= 0.6 is 0 Å². The summed E-state index contributed by atoms with van der Waals surface area (Å²) < 4.78 is 58.9. The molecule has 2 aromatic carbocycles. The zero-order chi connectivity index (χ0) is 33.0. The highest BCUT2D eigenvalue weighted by molar-refractivity contribution is 7.90. The molecule has 2 atom stereocenters. The van der Waals surface area contributed by atoms with E-state index in [9.17, 15) is 36.0 Å². The Hall–Kier alpha value is -4.67. The number of carboxylic acids is 2. The number of rotatable bonds is 7. The van der Waals surface area contributed by atoms with Crippen LogP contribution in [0.4, 0.5) is 18.0 Å². The number of para-hydroxylation sites is 2. The van der Waals surface area contributed by atoms with Crippen LogP contribution in [0.3, 0.4) is 0 Å². The number of H-pyrrole nitrogens is 1. The second-order valence-electron chi connectivity index (χ2n) is 10.7. The van der Waals surface area contributed by atoms with Crippen molar-refractivity contribution in [2.75, 3.05) is 6.54 Å². The number of carbonyl (C=O) groups excluding carboxylic acids is 2. The standard InChI is InChI=1S/C25H29N5O6S.C2HF3O2/c1-25(2,3)30-21(31)13-20(37(30,35)36)16-10-8-15(9-11-16)12-19(29-24(34)26-14-22(32)33)23-27-17-6-4-5-7-18(17)28-23;3-2(4,5)1(6)7/h4-11,19-20H,12-14H2,1-3H3,(H,27,28)(H,32,33)(H2,26,29,34);(H,6,7)/t19-,20?;/m0./s1. The van der Waals surface area contributed by atoms with Crippen LogP contribution in [0, 0.1) is 0 Å². The number of alkyl halides is 3. The summed E-state index contributed by atoms with van der Waals surface area (Å²) in [5, 5.41) is 20.0. The van der Waals surface area contributed by atoms with Crippen LogP contribution in [0.25, 0.3) is 11.0 Å². The third-order valence-corrected chi connectivity index (χ3v) is 8.71. The Morgan fingerprint density at radius 3 is 2.16 bits per heavy atom. The molecule has 3 aromatic rings.